The Kier molecular flexibility index (Phi) is 3.39. The zero-order chi connectivity index (χ0) is 11.4. The SMILES string of the molecule is Cc1cnccc1CNC(=O)NC1CCC1. The number of aryl methyl sites for hydroxylation is 1. The van der Waals surface area contributed by atoms with Crippen molar-refractivity contribution in [1.82, 2.24) is 15.6 Å². The van der Waals surface area contributed by atoms with E-state index in [4.69, 9.17) is 0 Å². The van der Waals surface area contributed by atoms with E-state index in [1.807, 2.05) is 13.0 Å². The third-order valence-electron chi connectivity index (χ3n) is 3.02. The molecule has 16 heavy (non-hydrogen) atoms. The van der Waals surface area contributed by atoms with E-state index in [-0.39, 0.29) is 6.03 Å². The number of pyridine rings is 1. The Hall–Kier alpha value is -1.58. The topological polar surface area (TPSA) is 54.0 Å². The van der Waals surface area contributed by atoms with Gasteiger partial charge in [0.1, 0.15) is 0 Å². The van der Waals surface area contributed by atoms with Gasteiger partial charge in [-0.15, -0.1) is 0 Å². The van der Waals surface area contributed by atoms with Crippen molar-refractivity contribution < 1.29 is 4.79 Å². The molecular weight excluding hydrogens is 202 g/mol. The average molecular weight is 219 g/mol. The first kappa shape index (κ1) is 10.9. The van der Waals surface area contributed by atoms with Crippen LogP contribution in [0.4, 0.5) is 4.79 Å². The average Bonchev–Trinajstić information content (AvgIpc) is 2.22. The Morgan fingerprint density at radius 1 is 1.56 bits per heavy atom. The lowest BCUT2D eigenvalue weighted by atomic mass is 9.93. The molecule has 4 nitrogen and oxygen atoms in total. The molecule has 4 heteroatoms. The van der Waals surface area contributed by atoms with E-state index in [0.29, 0.717) is 12.6 Å². The van der Waals surface area contributed by atoms with Gasteiger partial charge in [0.15, 0.2) is 0 Å². The van der Waals surface area contributed by atoms with Gasteiger partial charge in [0, 0.05) is 25.0 Å². The molecule has 1 aromatic rings. The molecule has 86 valence electrons. The van der Waals surface area contributed by atoms with Crippen molar-refractivity contribution >= 4 is 6.03 Å². The summed E-state index contributed by atoms with van der Waals surface area (Å²) in [5, 5.41) is 5.80. The van der Waals surface area contributed by atoms with E-state index in [0.717, 1.165) is 24.0 Å². The molecule has 1 aromatic heterocycles. The summed E-state index contributed by atoms with van der Waals surface area (Å²) in [7, 11) is 0. The summed E-state index contributed by atoms with van der Waals surface area (Å²) in [6.07, 6.45) is 7.01. The molecule has 0 aliphatic heterocycles. The smallest absolute Gasteiger partial charge is 0.315 e. The highest BCUT2D eigenvalue weighted by Gasteiger charge is 2.18. The van der Waals surface area contributed by atoms with Gasteiger partial charge in [-0.2, -0.15) is 0 Å². The first-order valence-corrected chi connectivity index (χ1v) is 5.69. The molecule has 0 bridgehead atoms. The lowest BCUT2D eigenvalue weighted by Crippen LogP contribution is -2.44. The molecule has 0 spiro atoms. The molecule has 2 rings (SSSR count). The number of aromatic nitrogens is 1. The molecule has 1 aliphatic rings. The molecule has 2 amide bonds. The predicted octanol–water partition coefficient (Wildman–Crippen LogP) is 1.74. The van der Waals surface area contributed by atoms with Crippen molar-refractivity contribution in [3.63, 3.8) is 0 Å². The van der Waals surface area contributed by atoms with Crippen LogP contribution in [0.1, 0.15) is 30.4 Å². The van der Waals surface area contributed by atoms with Crippen LogP contribution >= 0.6 is 0 Å². The van der Waals surface area contributed by atoms with Crippen LogP contribution in [0.3, 0.4) is 0 Å². The molecule has 0 radical (unpaired) electrons. The number of carbonyl (C=O) groups is 1. The molecule has 1 heterocycles. The van der Waals surface area contributed by atoms with E-state index >= 15 is 0 Å². The highest BCUT2D eigenvalue weighted by atomic mass is 16.2. The molecule has 0 aromatic carbocycles. The summed E-state index contributed by atoms with van der Waals surface area (Å²) in [4.78, 5) is 15.5. The third kappa shape index (κ3) is 2.72. The minimum atomic E-state index is -0.0686. The quantitative estimate of drug-likeness (QED) is 0.813. The normalized spacial score (nSPS) is 15.3. The van der Waals surface area contributed by atoms with Gasteiger partial charge in [-0.1, -0.05) is 0 Å². The van der Waals surface area contributed by atoms with Gasteiger partial charge in [0.2, 0.25) is 0 Å². The van der Waals surface area contributed by atoms with Crippen molar-refractivity contribution in [3.05, 3.63) is 29.6 Å². The Labute approximate surface area is 95.5 Å². The number of nitrogens with zero attached hydrogens (tertiary/aromatic N) is 1. The number of amides is 2. The van der Waals surface area contributed by atoms with Gasteiger partial charge in [0.25, 0.3) is 0 Å². The second-order valence-electron chi connectivity index (χ2n) is 4.26. The summed E-state index contributed by atoms with van der Waals surface area (Å²) in [5.41, 5.74) is 2.21. The molecule has 1 fully saturated rings. The summed E-state index contributed by atoms with van der Waals surface area (Å²) in [5.74, 6) is 0. The number of urea groups is 1. The predicted molar refractivity (Wildman–Crippen MR) is 62.0 cm³/mol. The maximum atomic E-state index is 11.5. The van der Waals surface area contributed by atoms with Gasteiger partial charge in [-0.3, -0.25) is 4.98 Å². The lowest BCUT2D eigenvalue weighted by molar-refractivity contribution is 0.228. The highest BCUT2D eigenvalue weighted by molar-refractivity contribution is 5.74. The van der Waals surface area contributed by atoms with Gasteiger partial charge >= 0.3 is 6.03 Å². The molecular formula is C12H17N3O. The fraction of sp³-hybridized carbons (Fsp3) is 0.500. The van der Waals surface area contributed by atoms with Crippen LogP contribution in [-0.4, -0.2) is 17.1 Å². The zero-order valence-electron chi connectivity index (χ0n) is 9.49. The summed E-state index contributed by atoms with van der Waals surface area (Å²) in [6, 6.07) is 2.25. The van der Waals surface area contributed by atoms with E-state index < -0.39 is 0 Å². The van der Waals surface area contributed by atoms with Crippen LogP contribution in [0.2, 0.25) is 0 Å². The van der Waals surface area contributed by atoms with Crippen LogP contribution in [0.25, 0.3) is 0 Å². The van der Waals surface area contributed by atoms with Gasteiger partial charge in [-0.05, 0) is 43.4 Å². The maximum Gasteiger partial charge on any atom is 0.315 e. The number of carbonyl (C=O) groups excluding carboxylic acids is 1. The largest absolute Gasteiger partial charge is 0.335 e. The van der Waals surface area contributed by atoms with E-state index in [1.165, 1.54) is 6.42 Å². The lowest BCUT2D eigenvalue weighted by Gasteiger charge is -2.26. The molecule has 0 atom stereocenters. The monoisotopic (exact) mass is 219 g/mol. The first-order valence-electron chi connectivity index (χ1n) is 5.69. The van der Waals surface area contributed by atoms with Crippen LogP contribution in [0.5, 0.6) is 0 Å². The zero-order valence-corrected chi connectivity index (χ0v) is 9.49. The van der Waals surface area contributed by atoms with Crippen molar-refractivity contribution in [3.8, 4) is 0 Å². The number of hydrogen-bond donors (Lipinski definition) is 2. The summed E-state index contributed by atoms with van der Waals surface area (Å²) >= 11 is 0. The van der Waals surface area contributed by atoms with Crippen LogP contribution in [0.15, 0.2) is 18.5 Å². The fourth-order valence-corrected chi connectivity index (χ4v) is 1.67. The Balaban J connectivity index is 1.78. The van der Waals surface area contributed by atoms with Gasteiger partial charge in [-0.25, -0.2) is 4.79 Å². The molecule has 1 aliphatic carbocycles. The van der Waals surface area contributed by atoms with E-state index in [9.17, 15) is 4.79 Å². The number of nitrogens with one attached hydrogen (secondary N) is 2. The first-order chi connectivity index (χ1) is 7.75. The van der Waals surface area contributed by atoms with Crippen molar-refractivity contribution in [1.29, 1.82) is 0 Å². The minimum Gasteiger partial charge on any atom is -0.335 e. The van der Waals surface area contributed by atoms with Crippen molar-refractivity contribution in [2.45, 2.75) is 38.8 Å². The van der Waals surface area contributed by atoms with E-state index in [1.54, 1.807) is 12.4 Å². The van der Waals surface area contributed by atoms with Crippen LogP contribution < -0.4 is 10.6 Å². The van der Waals surface area contributed by atoms with Crippen molar-refractivity contribution in [2.24, 2.45) is 0 Å². The maximum absolute atomic E-state index is 11.5. The van der Waals surface area contributed by atoms with Gasteiger partial charge in [0.05, 0.1) is 0 Å². The standard InChI is InChI=1S/C12H17N3O/c1-9-7-13-6-5-10(9)8-14-12(16)15-11-3-2-4-11/h5-7,11H,2-4,8H2,1H3,(H2,14,15,16). The Bertz CT molecular complexity index is 374. The molecule has 0 unspecified atom stereocenters. The molecule has 0 saturated heterocycles. The second kappa shape index (κ2) is 4.96. The second-order valence-corrected chi connectivity index (χ2v) is 4.26. The number of rotatable bonds is 3. The van der Waals surface area contributed by atoms with Gasteiger partial charge < -0.3 is 10.6 Å². The van der Waals surface area contributed by atoms with Crippen molar-refractivity contribution in [2.75, 3.05) is 0 Å². The van der Waals surface area contributed by atoms with Crippen LogP contribution in [-0.2, 0) is 6.54 Å². The Morgan fingerprint density at radius 3 is 3.00 bits per heavy atom. The Morgan fingerprint density at radius 2 is 2.38 bits per heavy atom. The fourth-order valence-electron chi connectivity index (χ4n) is 1.67. The number of hydrogen-bond acceptors (Lipinski definition) is 2. The van der Waals surface area contributed by atoms with Crippen LogP contribution in [0, 0.1) is 6.92 Å². The minimum absolute atomic E-state index is 0.0686. The molecule has 2 N–H and O–H groups in total. The summed E-state index contributed by atoms with van der Waals surface area (Å²) in [6.45, 7) is 2.56. The third-order valence-corrected chi connectivity index (χ3v) is 3.02. The highest BCUT2D eigenvalue weighted by Crippen LogP contribution is 2.17. The molecule has 1 saturated carbocycles. The summed E-state index contributed by atoms with van der Waals surface area (Å²) < 4.78 is 0. The van der Waals surface area contributed by atoms with E-state index in [2.05, 4.69) is 15.6 Å².